The van der Waals surface area contributed by atoms with E-state index in [-0.39, 0.29) is 6.03 Å². The normalized spacial score (nSPS) is 29.3. The van der Waals surface area contributed by atoms with Crippen LogP contribution in [0.4, 0.5) is 4.79 Å². The van der Waals surface area contributed by atoms with E-state index < -0.39 is 0 Å². The van der Waals surface area contributed by atoms with Crippen LogP contribution in [0.1, 0.15) is 51.9 Å². The molecule has 0 aromatic rings. The smallest absolute Gasteiger partial charge is 0.317 e. The third kappa shape index (κ3) is 5.45. The van der Waals surface area contributed by atoms with Gasteiger partial charge in [0.25, 0.3) is 0 Å². The van der Waals surface area contributed by atoms with Gasteiger partial charge in [0.1, 0.15) is 0 Å². The van der Waals surface area contributed by atoms with Crippen molar-refractivity contribution >= 4 is 12.1 Å². The number of hydrogen-bond acceptors (Lipinski definition) is 3. The summed E-state index contributed by atoms with van der Waals surface area (Å²) in [5.41, 5.74) is 0. The van der Waals surface area contributed by atoms with E-state index in [0.717, 1.165) is 51.2 Å². The molecule has 0 spiro atoms. The number of nitrogens with zero attached hydrogens (tertiary/aromatic N) is 2. The average molecular weight is 307 g/mol. The van der Waals surface area contributed by atoms with E-state index in [4.69, 9.17) is 0 Å². The Morgan fingerprint density at radius 3 is 2.82 bits per heavy atom. The molecule has 1 heterocycles. The molecular formula is C17H29N3O2. The Morgan fingerprint density at radius 1 is 1.18 bits per heavy atom. The first-order valence-electron chi connectivity index (χ1n) is 8.75. The van der Waals surface area contributed by atoms with Gasteiger partial charge in [-0.1, -0.05) is 13.3 Å². The Balaban J connectivity index is 1.72. The van der Waals surface area contributed by atoms with E-state index in [9.17, 15) is 9.59 Å². The van der Waals surface area contributed by atoms with Crippen molar-refractivity contribution < 1.29 is 9.59 Å². The molecule has 5 nitrogen and oxygen atoms in total. The van der Waals surface area contributed by atoms with Crippen molar-refractivity contribution in [1.82, 2.24) is 10.2 Å². The summed E-state index contributed by atoms with van der Waals surface area (Å²) in [6, 6.07) is 0.0992. The van der Waals surface area contributed by atoms with Gasteiger partial charge in [0.05, 0.1) is 6.54 Å². The third-order valence-electron chi connectivity index (χ3n) is 5.15. The predicted molar refractivity (Wildman–Crippen MR) is 86.4 cm³/mol. The van der Waals surface area contributed by atoms with Gasteiger partial charge in [-0.2, -0.15) is 0 Å². The van der Waals surface area contributed by atoms with Crippen LogP contribution in [0.2, 0.25) is 0 Å². The Labute approximate surface area is 133 Å². The van der Waals surface area contributed by atoms with Gasteiger partial charge in [0.2, 0.25) is 6.08 Å². The molecule has 0 radical (unpaired) electrons. The Hall–Kier alpha value is -1.35. The molecule has 1 aliphatic heterocycles. The molecule has 1 aliphatic carbocycles. The molecule has 3 unspecified atom stereocenters. The highest BCUT2D eigenvalue weighted by Gasteiger charge is 2.23. The van der Waals surface area contributed by atoms with E-state index in [0.29, 0.717) is 18.4 Å². The maximum atomic E-state index is 12.3. The molecule has 124 valence electrons. The highest BCUT2D eigenvalue weighted by Crippen LogP contribution is 2.28. The van der Waals surface area contributed by atoms with Crippen LogP contribution in [0.3, 0.4) is 0 Å². The van der Waals surface area contributed by atoms with Crippen molar-refractivity contribution in [3.05, 3.63) is 0 Å². The second kappa shape index (κ2) is 8.94. The van der Waals surface area contributed by atoms with Crippen molar-refractivity contribution in [2.24, 2.45) is 22.7 Å². The van der Waals surface area contributed by atoms with Gasteiger partial charge in [0, 0.05) is 19.6 Å². The van der Waals surface area contributed by atoms with Crippen LogP contribution in [0, 0.1) is 17.8 Å². The number of aliphatic imine (C=N–C) groups is 1. The molecule has 0 aromatic carbocycles. The first-order valence-corrected chi connectivity index (χ1v) is 8.75. The fourth-order valence-electron chi connectivity index (χ4n) is 3.73. The molecule has 1 N–H and O–H groups in total. The lowest BCUT2D eigenvalue weighted by atomic mass is 9.81. The van der Waals surface area contributed by atoms with Crippen molar-refractivity contribution in [2.75, 3.05) is 26.2 Å². The number of isocyanates is 1. The van der Waals surface area contributed by atoms with E-state index in [1.165, 1.54) is 19.3 Å². The number of likely N-dealkylation sites (tertiary alicyclic amines) is 1. The number of rotatable bonds is 4. The summed E-state index contributed by atoms with van der Waals surface area (Å²) in [4.78, 5) is 28.2. The van der Waals surface area contributed by atoms with E-state index in [1.807, 2.05) is 4.90 Å². The maximum absolute atomic E-state index is 12.3. The molecule has 3 atom stereocenters. The predicted octanol–water partition coefficient (Wildman–Crippen LogP) is 2.96. The van der Waals surface area contributed by atoms with Gasteiger partial charge < -0.3 is 10.2 Å². The van der Waals surface area contributed by atoms with Crippen LogP contribution in [0.25, 0.3) is 0 Å². The third-order valence-corrected chi connectivity index (χ3v) is 5.15. The average Bonchev–Trinajstić information content (AvgIpc) is 2.76. The van der Waals surface area contributed by atoms with Crippen molar-refractivity contribution in [1.29, 1.82) is 0 Å². The SMILES string of the molecule is CC1CCCN(C(=O)NCC2CCCC(CN=C=O)C2)CC1. The second-order valence-electron chi connectivity index (χ2n) is 7.04. The van der Waals surface area contributed by atoms with Gasteiger partial charge in [0.15, 0.2) is 0 Å². The summed E-state index contributed by atoms with van der Waals surface area (Å²) in [5.74, 6) is 1.74. The number of nitrogens with one attached hydrogen (secondary N) is 1. The topological polar surface area (TPSA) is 61.8 Å². The van der Waals surface area contributed by atoms with Gasteiger partial charge >= 0.3 is 6.03 Å². The standard InChI is InChI=1S/C17H29N3O2/c1-14-4-3-8-20(9-7-14)17(22)19-12-16-6-2-5-15(10-16)11-18-13-21/h14-16H,2-12H2,1H3,(H,19,22). The molecule has 2 amide bonds. The van der Waals surface area contributed by atoms with E-state index in [1.54, 1.807) is 6.08 Å². The minimum absolute atomic E-state index is 0.0992. The Bertz CT molecular complexity index is 407. The zero-order valence-electron chi connectivity index (χ0n) is 13.7. The summed E-state index contributed by atoms with van der Waals surface area (Å²) in [6.07, 6.45) is 9.62. The monoisotopic (exact) mass is 307 g/mol. The lowest BCUT2D eigenvalue weighted by Crippen LogP contribution is -2.43. The fraction of sp³-hybridized carbons (Fsp3) is 0.882. The lowest BCUT2D eigenvalue weighted by Gasteiger charge is -2.29. The van der Waals surface area contributed by atoms with Crippen molar-refractivity contribution in [3.8, 4) is 0 Å². The molecule has 22 heavy (non-hydrogen) atoms. The first-order chi connectivity index (χ1) is 10.7. The quantitative estimate of drug-likeness (QED) is 0.641. The molecular weight excluding hydrogens is 278 g/mol. The molecule has 0 bridgehead atoms. The van der Waals surface area contributed by atoms with Crippen LogP contribution in [0.5, 0.6) is 0 Å². The molecule has 2 aliphatic rings. The zero-order chi connectivity index (χ0) is 15.8. The molecule has 5 heteroatoms. The van der Waals surface area contributed by atoms with Gasteiger partial charge in [-0.3, -0.25) is 0 Å². The Morgan fingerprint density at radius 2 is 2.00 bits per heavy atom. The summed E-state index contributed by atoms with van der Waals surface area (Å²) in [7, 11) is 0. The number of carbonyl (C=O) groups is 1. The van der Waals surface area contributed by atoms with Crippen LogP contribution < -0.4 is 5.32 Å². The van der Waals surface area contributed by atoms with Crippen LogP contribution in [-0.2, 0) is 4.79 Å². The largest absolute Gasteiger partial charge is 0.338 e. The minimum Gasteiger partial charge on any atom is -0.338 e. The molecule has 2 fully saturated rings. The maximum Gasteiger partial charge on any atom is 0.317 e. The molecule has 0 aromatic heterocycles. The van der Waals surface area contributed by atoms with Gasteiger partial charge in [-0.05, 0) is 56.3 Å². The summed E-state index contributed by atoms with van der Waals surface area (Å²) < 4.78 is 0. The highest BCUT2D eigenvalue weighted by molar-refractivity contribution is 5.74. The minimum atomic E-state index is 0.0992. The van der Waals surface area contributed by atoms with E-state index in [2.05, 4.69) is 17.2 Å². The number of urea groups is 1. The molecule has 1 saturated heterocycles. The van der Waals surface area contributed by atoms with Crippen LogP contribution in [-0.4, -0.2) is 43.2 Å². The number of hydrogen-bond donors (Lipinski definition) is 1. The first kappa shape index (κ1) is 17.0. The molecule has 1 saturated carbocycles. The highest BCUT2D eigenvalue weighted by atomic mass is 16.2. The summed E-state index contributed by atoms with van der Waals surface area (Å²) >= 11 is 0. The van der Waals surface area contributed by atoms with Crippen LogP contribution >= 0.6 is 0 Å². The fourth-order valence-corrected chi connectivity index (χ4v) is 3.73. The van der Waals surface area contributed by atoms with Crippen molar-refractivity contribution in [3.63, 3.8) is 0 Å². The Kier molecular flexibility index (Phi) is 6.91. The second-order valence-corrected chi connectivity index (χ2v) is 7.04. The van der Waals surface area contributed by atoms with Crippen LogP contribution in [0.15, 0.2) is 4.99 Å². The zero-order valence-corrected chi connectivity index (χ0v) is 13.7. The number of amides is 2. The number of carbonyl (C=O) groups excluding carboxylic acids is 2. The van der Waals surface area contributed by atoms with E-state index >= 15 is 0 Å². The van der Waals surface area contributed by atoms with Gasteiger partial charge in [-0.25, -0.2) is 14.6 Å². The lowest BCUT2D eigenvalue weighted by molar-refractivity contribution is 0.192. The van der Waals surface area contributed by atoms with Gasteiger partial charge in [-0.15, -0.1) is 0 Å². The van der Waals surface area contributed by atoms with Crippen molar-refractivity contribution in [2.45, 2.75) is 51.9 Å². The molecule has 2 rings (SSSR count). The summed E-state index contributed by atoms with van der Waals surface area (Å²) in [6.45, 7) is 5.39. The summed E-state index contributed by atoms with van der Waals surface area (Å²) in [5, 5.41) is 3.12.